The molecule has 29 heavy (non-hydrogen) atoms. The first-order chi connectivity index (χ1) is 14.0. The van der Waals surface area contributed by atoms with Gasteiger partial charge in [0.1, 0.15) is 11.5 Å². The van der Waals surface area contributed by atoms with Crippen LogP contribution in [0.4, 0.5) is 5.69 Å². The zero-order valence-electron chi connectivity index (χ0n) is 15.9. The standard InChI is InChI=1S/C23H18Cl2N2OS/c1-14-7-8-22(19(24)9-14)29-27-17-10-15(2)23(20(25)12-17)28-18-11-16-5-3-4-6-21(16)26-13-18/h3-13,27H,1-2H3. The average molecular weight is 441 g/mol. The van der Waals surface area contributed by atoms with E-state index in [1.807, 2.05) is 74.5 Å². The van der Waals surface area contributed by atoms with E-state index in [9.17, 15) is 0 Å². The Kier molecular flexibility index (Phi) is 5.86. The maximum atomic E-state index is 6.52. The number of para-hydroxylation sites is 1. The van der Waals surface area contributed by atoms with Crippen LogP contribution in [0.2, 0.25) is 10.0 Å². The van der Waals surface area contributed by atoms with Gasteiger partial charge in [0.25, 0.3) is 0 Å². The molecule has 3 nitrogen and oxygen atoms in total. The highest BCUT2D eigenvalue weighted by atomic mass is 35.5. The van der Waals surface area contributed by atoms with E-state index in [1.54, 1.807) is 6.20 Å². The maximum Gasteiger partial charge on any atom is 0.149 e. The number of fused-ring (bicyclic) bond motifs is 1. The summed E-state index contributed by atoms with van der Waals surface area (Å²) in [4.78, 5) is 5.39. The van der Waals surface area contributed by atoms with Crippen LogP contribution < -0.4 is 9.46 Å². The average Bonchev–Trinajstić information content (AvgIpc) is 2.70. The molecule has 0 amide bonds. The van der Waals surface area contributed by atoms with Crippen molar-refractivity contribution >= 4 is 51.7 Å². The number of aryl methyl sites for hydroxylation is 2. The van der Waals surface area contributed by atoms with E-state index in [0.29, 0.717) is 21.5 Å². The lowest BCUT2D eigenvalue weighted by atomic mass is 10.2. The van der Waals surface area contributed by atoms with Gasteiger partial charge in [0.05, 0.1) is 21.8 Å². The number of halogens is 2. The monoisotopic (exact) mass is 440 g/mol. The first kappa shape index (κ1) is 19.9. The summed E-state index contributed by atoms with van der Waals surface area (Å²) in [5.41, 5.74) is 3.85. The van der Waals surface area contributed by atoms with Crippen molar-refractivity contribution in [3.63, 3.8) is 0 Å². The molecule has 0 bridgehead atoms. The van der Waals surface area contributed by atoms with Crippen molar-refractivity contribution in [3.05, 3.63) is 88.0 Å². The zero-order valence-corrected chi connectivity index (χ0v) is 18.2. The Labute approximate surface area is 184 Å². The van der Waals surface area contributed by atoms with E-state index in [1.165, 1.54) is 11.9 Å². The third-order valence-corrected chi connectivity index (χ3v) is 6.00. The molecular weight excluding hydrogens is 423 g/mol. The lowest BCUT2D eigenvalue weighted by Gasteiger charge is -2.14. The summed E-state index contributed by atoms with van der Waals surface area (Å²) in [7, 11) is 0. The van der Waals surface area contributed by atoms with Gasteiger partial charge in [-0.05, 0) is 73.3 Å². The van der Waals surface area contributed by atoms with Crippen LogP contribution in [0.3, 0.4) is 0 Å². The second-order valence-corrected chi connectivity index (χ2v) is 8.37. The van der Waals surface area contributed by atoms with Gasteiger partial charge in [-0.2, -0.15) is 0 Å². The number of ether oxygens (including phenoxy) is 1. The molecule has 0 aliphatic rings. The van der Waals surface area contributed by atoms with Gasteiger partial charge < -0.3 is 9.46 Å². The normalized spacial score (nSPS) is 10.9. The molecule has 0 radical (unpaired) electrons. The van der Waals surface area contributed by atoms with Gasteiger partial charge >= 0.3 is 0 Å². The summed E-state index contributed by atoms with van der Waals surface area (Å²) in [5, 5.41) is 2.26. The molecule has 0 saturated heterocycles. The topological polar surface area (TPSA) is 34.1 Å². The highest BCUT2D eigenvalue weighted by Crippen LogP contribution is 2.37. The third kappa shape index (κ3) is 4.61. The lowest BCUT2D eigenvalue weighted by Crippen LogP contribution is -1.94. The summed E-state index contributed by atoms with van der Waals surface area (Å²) in [6.07, 6.45) is 1.71. The number of aromatic nitrogens is 1. The SMILES string of the molecule is Cc1ccc(SNc2cc(C)c(Oc3cnc4ccccc4c3)c(Cl)c2)c(Cl)c1. The van der Waals surface area contributed by atoms with Gasteiger partial charge in [-0.3, -0.25) is 4.98 Å². The predicted molar refractivity (Wildman–Crippen MR) is 124 cm³/mol. The molecule has 1 heterocycles. The van der Waals surface area contributed by atoms with Gasteiger partial charge in [0.15, 0.2) is 0 Å². The molecule has 3 aromatic carbocycles. The molecule has 0 atom stereocenters. The molecule has 146 valence electrons. The molecule has 1 N–H and O–H groups in total. The van der Waals surface area contributed by atoms with Crippen LogP contribution in [0.15, 0.2) is 71.8 Å². The largest absolute Gasteiger partial charge is 0.454 e. The van der Waals surface area contributed by atoms with E-state index < -0.39 is 0 Å². The second kappa shape index (κ2) is 8.54. The first-order valence-corrected chi connectivity index (χ1v) is 10.6. The Balaban J connectivity index is 1.53. The van der Waals surface area contributed by atoms with Crippen molar-refractivity contribution in [2.24, 2.45) is 0 Å². The van der Waals surface area contributed by atoms with Crippen molar-refractivity contribution < 1.29 is 4.74 Å². The fraction of sp³-hybridized carbons (Fsp3) is 0.0870. The molecule has 0 fully saturated rings. The van der Waals surface area contributed by atoms with Crippen LogP contribution in [0, 0.1) is 13.8 Å². The highest BCUT2D eigenvalue weighted by molar-refractivity contribution is 8.00. The van der Waals surface area contributed by atoms with Gasteiger partial charge in [-0.25, -0.2) is 0 Å². The molecule has 6 heteroatoms. The quantitative estimate of drug-likeness (QED) is 0.318. The number of anilines is 1. The molecule has 0 spiro atoms. The number of pyridine rings is 1. The van der Waals surface area contributed by atoms with Crippen molar-refractivity contribution in [1.29, 1.82) is 0 Å². The summed E-state index contributed by atoms with van der Waals surface area (Å²) >= 11 is 14.3. The smallest absolute Gasteiger partial charge is 0.149 e. The van der Waals surface area contributed by atoms with E-state index in [-0.39, 0.29) is 0 Å². The second-order valence-electron chi connectivity index (χ2n) is 6.71. The fourth-order valence-corrected chi connectivity index (χ4v) is 4.24. The zero-order chi connectivity index (χ0) is 20.4. The van der Waals surface area contributed by atoms with Crippen LogP contribution in [-0.4, -0.2) is 4.98 Å². The van der Waals surface area contributed by atoms with Gasteiger partial charge in [-0.15, -0.1) is 0 Å². The van der Waals surface area contributed by atoms with E-state index >= 15 is 0 Å². The van der Waals surface area contributed by atoms with Crippen molar-refractivity contribution in [2.45, 2.75) is 18.7 Å². The number of hydrogen-bond donors (Lipinski definition) is 1. The predicted octanol–water partition coefficient (Wildman–Crippen LogP) is 8.07. The lowest BCUT2D eigenvalue weighted by molar-refractivity contribution is 0.478. The van der Waals surface area contributed by atoms with E-state index in [2.05, 4.69) is 9.71 Å². The van der Waals surface area contributed by atoms with Gasteiger partial charge in [0, 0.05) is 16.0 Å². The van der Waals surface area contributed by atoms with Crippen LogP contribution in [0.5, 0.6) is 11.5 Å². The minimum atomic E-state index is 0.524. The molecule has 0 aliphatic heterocycles. The Morgan fingerprint density at radius 2 is 1.76 bits per heavy atom. The molecule has 0 unspecified atom stereocenters. The minimum absolute atomic E-state index is 0.524. The van der Waals surface area contributed by atoms with Crippen LogP contribution in [0.1, 0.15) is 11.1 Å². The summed E-state index contributed by atoms with van der Waals surface area (Å²) in [6.45, 7) is 3.98. The summed E-state index contributed by atoms with van der Waals surface area (Å²) in [6, 6.07) is 19.7. The molecule has 1 aromatic heterocycles. The third-order valence-electron chi connectivity index (χ3n) is 4.38. The first-order valence-electron chi connectivity index (χ1n) is 9.01. The van der Waals surface area contributed by atoms with Crippen molar-refractivity contribution in [3.8, 4) is 11.5 Å². The molecule has 0 saturated carbocycles. The minimum Gasteiger partial charge on any atom is -0.454 e. The molecule has 0 aliphatic carbocycles. The Bertz CT molecular complexity index is 1170. The Morgan fingerprint density at radius 3 is 2.55 bits per heavy atom. The molecule has 4 aromatic rings. The van der Waals surface area contributed by atoms with Gasteiger partial charge in [0.2, 0.25) is 0 Å². The summed E-state index contributed by atoms with van der Waals surface area (Å²) in [5.74, 6) is 1.27. The number of hydrogen-bond acceptors (Lipinski definition) is 4. The summed E-state index contributed by atoms with van der Waals surface area (Å²) < 4.78 is 9.35. The Morgan fingerprint density at radius 1 is 0.931 bits per heavy atom. The van der Waals surface area contributed by atoms with Gasteiger partial charge in [-0.1, -0.05) is 47.5 Å². The fourth-order valence-electron chi connectivity index (χ4n) is 2.95. The van der Waals surface area contributed by atoms with Crippen LogP contribution in [0.25, 0.3) is 10.9 Å². The maximum absolute atomic E-state index is 6.52. The number of nitrogens with one attached hydrogen (secondary N) is 1. The highest BCUT2D eigenvalue weighted by Gasteiger charge is 2.11. The number of rotatable bonds is 5. The molecule has 4 rings (SSSR count). The van der Waals surface area contributed by atoms with E-state index in [4.69, 9.17) is 27.9 Å². The van der Waals surface area contributed by atoms with Crippen LogP contribution >= 0.6 is 35.1 Å². The van der Waals surface area contributed by atoms with Crippen molar-refractivity contribution in [2.75, 3.05) is 4.72 Å². The number of benzene rings is 3. The van der Waals surface area contributed by atoms with Crippen molar-refractivity contribution in [1.82, 2.24) is 4.98 Å². The Hall–Kier alpha value is -2.40. The number of nitrogens with zero attached hydrogens (tertiary/aromatic N) is 1. The molecular formula is C23H18Cl2N2OS. The van der Waals surface area contributed by atoms with Crippen LogP contribution in [-0.2, 0) is 0 Å². The van der Waals surface area contributed by atoms with E-state index in [0.717, 1.165) is 32.6 Å².